The summed E-state index contributed by atoms with van der Waals surface area (Å²) in [6, 6.07) is 13.9. The lowest BCUT2D eigenvalue weighted by atomic mass is 9.94. The monoisotopic (exact) mass is 446 g/mol. The van der Waals surface area contributed by atoms with Gasteiger partial charge in [0.15, 0.2) is 5.78 Å². The van der Waals surface area contributed by atoms with Gasteiger partial charge < -0.3 is 4.90 Å². The Morgan fingerprint density at radius 1 is 1.10 bits per heavy atom. The van der Waals surface area contributed by atoms with Gasteiger partial charge in [0, 0.05) is 18.3 Å². The quantitative estimate of drug-likeness (QED) is 0.679. The lowest BCUT2D eigenvalue weighted by Crippen LogP contribution is -2.58. The van der Waals surface area contributed by atoms with Crippen molar-refractivity contribution in [1.29, 1.82) is 0 Å². The van der Waals surface area contributed by atoms with E-state index in [-0.39, 0.29) is 17.5 Å². The average Bonchev–Trinajstić information content (AvgIpc) is 2.72. The van der Waals surface area contributed by atoms with Crippen molar-refractivity contribution >= 4 is 11.6 Å². The molecule has 0 fully saturated rings. The Bertz CT molecular complexity index is 1020. The summed E-state index contributed by atoms with van der Waals surface area (Å²) < 4.78 is 45.8. The predicted octanol–water partition coefficient (Wildman–Crippen LogP) is 0.355. The Labute approximate surface area is 180 Å². The van der Waals surface area contributed by atoms with Gasteiger partial charge in [-0.15, -0.1) is 0 Å². The van der Waals surface area contributed by atoms with E-state index in [1.54, 1.807) is 12.1 Å². The highest BCUT2D eigenvalue weighted by Crippen LogP contribution is 2.23. The van der Waals surface area contributed by atoms with E-state index in [9.17, 15) is 9.18 Å². The Morgan fingerprint density at radius 3 is 2.23 bits per heavy atom. The second kappa shape index (κ2) is 9.51. The maximum Gasteiger partial charge on any atom is 0.169 e. The number of carbonyl (C=O) groups is 1. The van der Waals surface area contributed by atoms with Crippen LogP contribution < -0.4 is 14.0 Å². The summed E-state index contributed by atoms with van der Waals surface area (Å²) in [5.41, 5.74) is 3.75. The first-order chi connectivity index (χ1) is 14.6. The fraction of sp³-hybridized carbons (Fsp3) is 0.182. The number of ketones is 1. The van der Waals surface area contributed by atoms with Gasteiger partial charge in [-0.1, -0.05) is 36.4 Å². The summed E-state index contributed by atoms with van der Waals surface area (Å²) in [5, 5.41) is 0. The van der Waals surface area contributed by atoms with Gasteiger partial charge in [0.25, 0.3) is 0 Å². The molecule has 0 aliphatic carbocycles. The molecule has 2 heterocycles. The number of halogens is 2. The molecule has 0 bridgehead atoms. The fourth-order valence-corrected chi connectivity index (χ4v) is 3.28. The third-order valence-electron chi connectivity index (χ3n) is 4.78. The van der Waals surface area contributed by atoms with Crippen LogP contribution in [0, 0.1) is 22.0 Å². The Hall–Kier alpha value is -2.88. The molecule has 31 heavy (non-hydrogen) atoms. The molecule has 2 aliphatic rings. The van der Waals surface area contributed by atoms with E-state index in [4.69, 9.17) is 18.6 Å². The fourth-order valence-electron chi connectivity index (χ4n) is 3.28. The van der Waals surface area contributed by atoms with E-state index in [2.05, 4.69) is 4.99 Å². The van der Waals surface area contributed by atoms with Crippen molar-refractivity contribution in [3.8, 4) is 11.1 Å². The third kappa shape index (κ3) is 6.55. The van der Waals surface area contributed by atoms with E-state index in [0.29, 0.717) is 18.7 Å². The van der Waals surface area contributed by atoms with E-state index >= 15 is 0 Å². The molecule has 2 aromatic carbocycles. The van der Waals surface area contributed by atoms with Crippen LogP contribution in [-0.4, -0.2) is 34.3 Å². The smallest absolute Gasteiger partial charge is 0.169 e. The normalized spacial score (nSPS) is 17.7. The first-order valence-corrected chi connectivity index (χ1v) is 10.6. The largest absolute Gasteiger partial charge is 0.333 e. The van der Waals surface area contributed by atoms with Crippen molar-refractivity contribution < 1.29 is 38.1 Å². The zero-order valence-electron chi connectivity index (χ0n) is 16.6. The second-order valence-corrected chi connectivity index (χ2v) is 7.89. The summed E-state index contributed by atoms with van der Waals surface area (Å²) >= 11 is 0. The highest BCUT2D eigenvalue weighted by Gasteiger charge is 2.27. The van der Waals surface area contributed by atoms with Crippen LogP contribution in [0.25, 0.3) is 11.1 Å². The highest BCUT2D eigenvalue weighted by molar-refractivity contribution is 6.01. The van der Waals surface area contributed by atoms with E-state index in [1.807, 2.05) is 54.4 Å². The van der Waals surface area contributed by atoms with Crippen LogP contribution in [0.1, 0.15) is 17.3 Å². The van der Waals surface area contributed by atoms with Crippen molar-refractivity contribution in [2.75, 3.05) is 13.1 Å². The Morgan fingerprint density at radius 2 is 1.65 bits per heavy atom. The molecular weight excluding hydrogens is 427 g/mol. The zero-order chi connectivity index (χ0) is 22.6. The van der Waals surface area contributed by atoms with Crippen LogP contribution in [-0.2, 0) is 0 Å². The van der Waals surface area contributed by atoms with E-state index < -0.39 is 10.2 Å². The molecular formula is C22H20ClFN2O5. The lowest BCUT2D eigenvalue weighted by molar-refractivity contribution is -1.92. The number of fused-ring (bicyclic) bond motifs is 1. The molecule has 2 aromatic rings. The average molecular weight is 447 g/mol. The minimum Gasteiger partial charge on any atom is -0.333 e. The number of hydrogen-bond donors (Lipinski definition) is 1. The van der Waals surface area contributed by atoms with Crippen LogP contribution in [0.3, 0.4) is 0 Å². The number of benzene rings is 2. The summed E-state index contributed by atoms with van der Waals surface area (Å²) in [4.78, 5) is 19.4. The lowest BCUT2D eigenvalue weighted by Gasteiger charge is -2.31. The highest BCUT2D eigenvalue weighted by atomic mass is 35.7. The molecule has 4 rings (SSSR count). The first-order valence-electron chi connectivity index (χ1n) is 9.31. The summed E-state index contributed by atoms with van der Waals surface area (Å²) in [6.07, 6.45) is 6.06. The molecule has 0 saturated carbocycles. The van der Waals surface area contributed by atoms with Crippen LogP contribution in [0.2, 0.25) is 0 Å². The zero-order valence-corrected chi connectivity index (χ0v) is 17.3. The molecule has 0 radical (unpaired) electrons. The maximum atomic E-state index is 13.1. The predicted molar refractivity (Wildman–Crippen MR) is 104 cm³/mol. The van der Waals surface area contributed by atoms with Gasteiger partial charge >= 0.3 is 0 Å². The molecule has 7 nitrogen and oxygen atoms in total. The van der Waals surface area contributed by atoms with Gasteiger partial charge in [0.1, 0.15) is 11.7 Å². The number of hydrogen-bond acceptors (Lipinski definition) is 7. The number of aliphatic imine (C=N–C) groups is 1. The maximum absolute atomic E-state index is 13.1. The van der Waals surface area contributed by atoms with Gasteiger partial charge in [-0.25, -0.2) is 4.39 Å². The number of nitrogens with zero attached hydrogens (tertiary/aromatic N) is 2. The van der Waals surface area contributed by atoms with Crippen molar-refractivity contribution in [1.82, 2.24) is 4.90 Å². The Kier molecular flexibility index (Phi) is 6.99. The van der Waals surface area contributed by atoms with Crippen LogP contribution >= 0.6 is 0 Å². The number of amidine groups is 1. The molecule has 1 N–H and O–H groups in total. The number of Topliss-reactive ketones (excluding diaryl/α,β-unsaturated/α-hetero) is 1. The molecule has 1 atom stereocenters. The van der Waals surface area contributed by atoms with E-state index in [1.165, 1.54) is 17.7 Å². The first kappa shape index (κ1) is 22.8. The number of carbonyl (C=O) groups excluding carboxylic acids is 1. The van der Waals surface area contributed by atoms with Gasteiger partial charge in [-0.3, -0.25) is 9.79 Å². The SMILES string of the molecule is CC1=CC2=NCC(C(=O)c3ccc(-c4ccc(F)cc4)cc3)CN2C=C1.[O-][Cl+3]([O-])([O-])O. The van der Waals surface area contributed by atoms with Gasteiger partial charge in [0.05, 0.1) is 27.4 Å². The summed E-state index contributed by atoms with van der Waals surface area (Å²) in [6.45, 7) is 3.20. The number of rotatable bonds is 3. The van der Waals surface area contributed by atoms with Crippen LogP contribution in [0.4, 0.5) is 4.39 Å². The molecule has 0 amide bonds. The van der Waals surface area contributed by atoms with Gasteiger partial charge in [-0.05, 0) is 47.9 Å². The van der Waals surface area contributed by atoms with E-state index in [0.717, 1.165) is 17.0 Å². The second-order valence-electron chi connectivity index (χ2n) is 7.10. The van der Waals surface area contributed by atoms with Crippen molar-refractivity contribution in [3.05, 3.63) is 83.8 Å². The van der Waals surface area contributed by atoms with Gasteiger partial charge in [0.2, 0.25) is 0 Å². The van der Waals surface area contributed by atoms with Crippen molar-refractivity contribution in [3.63, 3.8) is 0 Å². The minimum absolute atomic E-state index is 0.109. The summed E-state index contributed by atoms with van der Waals surface area (Å²) in [5.74, 6) is 0.639. The van der Waals surface area contributed by atoms with Gasteiger partial charge in [-0.2, -0.15) is 14.0 Å². The molecule has 2 aliphatic heterocycles. The van der Waals surface area contributed by atoms with Crippen molar-refractivity contribution in [2.24, 2.45) is 10.9 Å². The molecule has 9 heteroatoms. The topological polar surface area (TPSA) is 122 Å². The van der Waals surface area contributed by atoms with Crippen molar-refractivity contribution in [2.45, 2.75) is 6.92 Å². The Balaban J connectivity index is 0.000000491. The van der Waals surface area contributed by atoms with Crippen LogP contribution in [0.5, 0.6) is 0 Å². The standard InChI is InChI=1S/C22H19FN2O.ClHO4/c1-15-10-11-25-14-19(13-24-21(25)12-15)22(26)18-4-2-16(3-5-18)17-6-8-20(23)9-7-17;2-1(3,4)5/h2-12,19H,13-14H2,1H3;(H,2,3,4,5). The summed E-state index contributed by atoms with van der Waals surface area (Å²) in [7, 11) is -4.69. The third-order valence-corrected chi connectivity index (χ3v) is 4.78. The van der Waals surface area contributed by atoms with Crippen LogP contribution in [0.15, 0.2) is 77.4 Å². The molecule has 0 saturated heterocycles. The number of allylic oxidation sites excluding steroid dienone is 2. The molecule has 0 spiro atoms. The minimum atomic E-state index is -4.69. The molecule has 0 aromatic heterocycles. The molecule has 1 unspecified atom stereocenters. The molecule has 162 valence electrons.